The van der Waals surface area contributed by atoms with Gasteiger partial charge in [-0.2, -0.15) is 5.10 Å². The summed E-state index contributed by atoms with van der Waals surface area (Å²) in [6.07, 6.45) is 0. The van der Waals surface area contributed by atoms with Crippen molar-refractivity contribution in [2.75, 3.05) is 0 Å². The van der Waals surface area contributed by atoms with E-state index in [2.05, 4.69) is 10.2 Å². The van der Waals surface area contributed by atoms with E-state index in [4.69, 9.17) is 11.6 Å². The second-order valence-electron chi connectivity index (χ2n) is 6.33. The van der Waals surface area contributed by atoms with Gasteiger partial charge in [-0.1, -0.05) is 41.9 Å². The second-order valence-corrected chi connectivity index (χ2v) is 6.76. The number of hydrogen-bond acceptors (Lipinski definition) is 4. The standard InChI is InChI=1S/C22H14ClN3O3/c23-17-10-6-16(7-11-17)22(27)21-19(14-4-2-1-3-5-14)20(24-25-21)15-8-12-18(13-9-15)26(28)29/h1-13H,(H,24,25). The van der Waals surface area contributed by atoms with Gasteiger partial charge in [-0.05, 0) is 42.0 Å². The Morgan fingerprint density at radius 1 is 0.897 bits per heavy atom. The van der Waals surface area contributed by atoms with Crippen molar-refractivity contribution in [2.45, 2.75) is 0 Å². The van der Waals surface area contributed by atoms with Crippen molar-refractivity contribution in [3.05, 3.63) is 105 Å². The van der Waals surface area contributed by atoms with Gasteiger partial charge in [-0.25, -0.2) is 0 Å². The summed E-state index contributed by atoms with van der Waals surface area (Å²) in [5.41, 5.74) is 3.47. The average molecular weight is 404 g/mol. The summed E-state index contributed by atoms with van der Waals surface area (Å²) < 4.78 is 0. The molecule has 0 fully saturated rings. The minimum atomic E-state index is -0.456. The van der Waals surface area contributed by atoms with Crippen molar-refractivity contribution >= 4 is 23.1 Å². The normalized spacial score (nSPS) is 10.7. The van der Waals surface area contributed by atoms with E-state index in [1.165, 1.54) is 12.1 Å². The van der Waals surface area contributed by atoms with Crippen LogP contribution >= 0.6 is 11.6 Å². The molecule has 6 nitrogen and oxygen atoms in total. The molecule has 0 unspecified atom stereocenters. The smallest absolute Gasteiger partial charge is 0.269 e. The maximum Gasteiger partial charge on any atom is 0.269 e. The second kappa shape index (κ2) is 7.69. The van der Waals surface area contributed by atoms with Crippen molar-refractivity contribution in [2.24, 2.45) is 0 Å². The molecule has 0 saturated carbocycles. The van der Waals surface area contributed by atoms with Gasteiger partial charge in [0.25, 0.3) is 5.69 Å². The van der Waals surface area contributed by atoms with Crippen molar-refractivity contribution in [3.8, 4) is 22.4 Å². The van der Waals surface area contributed by atoms with Gasteiger partial charge in [-0.15, -0.1) is 0 Å². The molecule has 29 heavy (non-hydrogen) atoms. The molecule has 0 saturated heterocycles. The van der Waals surface area contributed by atoms with Crippen molar-refractivity contribution in [3.63, 3.8) is 0 Å². The van der Waals surface area contributed by atoms with Gasteiger partial charge in [0.1, 0.15) is 11.4 Å². The van der Waals surface area contributed by atoms with Crippen LogP contribution in [-0.2, 0) is 0 Å². The summed E-state index contributed by atoms with van der Waals surface area (Å²) in [5, 5.41) is 18.7. The fourth-order valence-electron chi connectivity index (χ4n) is 3.09. The predicted molar refractivity (Wildman–Crippen MR) is 111 cm³/mol. The number of carbonyl (C=O) groups excluding carboxylic acids is 1. The molecule has 142 valence electrons. The fraction of sp³-hybridized carbons (Fsp3) is 0. The van der Waals surface area contributed by atoms with Crippen LogP contribution in [-0.4, -0.2) is 20.9 Å². The van der Waals surface area contributed by atoms with Gasteiger partial charge in [0.05, 0.1) is 4.92 Å². The van der Waals surface area contributed by atoms with Crippen LogP contribution in [0.2, 0.25) is 5.02 Å². The number of ketones is 1. The summed E-state index contributed by atoms with van der Waals surface area (Å²) >= 11 is 5.93. The van der Waals surface area contributed by atoms with E-state index in [-0.39, 0.29) is 11.5 Å². The van der Waals surface area contributed by atoms with Gasteiger partial charge < -0.3 is 0 Å². The Kier molecular flexibility index (Phi) is 4.93. The van der Waals surface area contributed by atoms with Crippen molar-refractivity contribution < 1.29 is 9.72 Å². The Labute approximate surface area is 170 Å². The van der Waals surface area contributed by atoms with Gasteiger partial charge >= 0.3 is 0 Å². The molecule has 1 N–H and O–H groups in total. The monoisotopic (exact) mass is 403 g/mol. The van der Waals surface area contributed by atoms with Crippen LogP contribution in [0, 0.1) is 10.1 Å². The van der Waals surface area contributed by atoms with Crippen molar-refractivity contribution in [1.29, 1.82) is 0 Å². The van der Waals surface area contributed by atoms with Crippen LogP contribution < -0.4 is 0 Å². The van der Waals surface area contributed by atoms with E-state index in [1.807, 2.05) is 30.3 Å². The van der Waals surface area contributed by atoms with Crippen LogP contribution in [0.5, 0.6) is 0 Å². The molecule has 1 heterocycles. The Morgan fingerprint density at radius 2 is 1.55 bits per heavy atom. The van der Waals surface area contributed by atoms with Gasteiger partial charge in [0, 0.05) is 33.8 Å². The Morgan fingerprint density at radius 3 is 2.17 bits per heavy atom. The minimum absolute atomic E-state index is 0.0111. The summed E-state index contributed by atoms with van der Waals surface area (Å²) in [7, 11) is 0. The molecule has 0 atom stereocenters. The third-order valence-electron chi connectivity index (χ3n) is 4.51. The van der Waals surface area contributed by atoms with E-state index in [0.29, 0.717) is 33.1 Å². The number of hydrogen-bond donors (Lipinski definition) is 1. The number of halogens is 1. The number of nitrogens with one attached hydrogen (secondary N) is 1. The highest BCUT2D eigenvalue weighted by Gasteiger charge is 2.23. The number of non-ortho nitro benzene ring substituents is 1. The molecule has 0 spiro atoms. The summed E-state index contributed by atoms with van der Waals surface area (Å²) in [5.74, 6) is -0.221. The molecule has 7 heteroatoms. The number of nitro groups is 1. The van der Waals surface area contributed by atoms with E-state index in [1.54, 1.807) is 36.4 Å². The zero-order valence-corrected chi connectivity index (χ0v) is 15.8. The third-order valence-corrected chi connectivity index (χ3v) is 4.77. The lowest BCUT2D eigenvalue weighted by Gasteiger charge is -2.07. The number of carbonyl (C=O) groups is 1. The highest BCUT2D eigenvalue weighted by molar-refractivity contribution is 6.30. The molecule has 4 rings (SSSR count). The van der Waals surface area contributed by atoms with Crippen LogP contribution in [0.15, 0.2) is 78.9 Å². The zero-order chi connectivity index (χ0) is 20.4. The molecule has 3 aromatic carbocycles. The fourth-order valence-corrected chi connectivity index (χ4v) is 3.21. The number of benzene rings is 3. The Bertz CT molecular complexity index is 1180. The number of aromatic nitrogens is 2. The van der Waals surface area contributed by atoms with Crippen LogP contribution in [0.3, 0.4) is 0 Å². The molecular formula is C22H14ClN3O3. The largest absolute Gasteiger partial charge is 0.287 e. The van der Waals surface area contributed by atoms with Crippen LogP contribution in [0.1, 0.15) is 16.1 Å². The summed E-state index contributed by atoms with van der Waals surface area (Å²) in [6.45, 7) is 0. The zero-order valence-electron chi connectivity index (χ0n) is 15.0. The van der Waals surface area contributed by atoms with E-state index in [9.17, 15) is 14.9 Å². The lowest BCUT2D eigenvalue weighted by Crippen LogP contribution is -2.03. The topological polar surface area (TPSA) is 88.9 Å². The number of nitro benzene ring substituents is 1. The molecule has 0 aliphatic carbocycles. The minimum Gasteiger partial charge on any atom is -0.287 e. The first-order valence-corrected chi connectivity index (χ1v) is 9.11. The lowest BCUT2D eigenvalue weighted by molar-refractivity contribution is -0.384. The van der Waals surface area contributed by atoms with E-state index < -0.39 is 4.92 Å². The van der Waals surface area contributed by atoms with Crippen LogP contribution in [0.4, 0.5) is 5.69 Å². The molecule has 1 aromatic heterocycles. The van der Waals surface area contributed by atoms with Crippen molar-refractivity contribution in [1.82, 2.24) is 10.2 Å². The molecular weight excluding hydrogens is 390 g/mol. The number of rotatable bonds is 5. The van der Waals surface area contributed by atoms with Gasteiger partial charge in [0.15, 0.2) is 0 Å². The summed E-state index contributed by atoms with van der Waals surface area (Å²) in [4.78, 5) is 23.6. The first-order valence-electron chi connectivity index (χ1n) is 8.73. The average Bonchev–Trinajstić information content (AvgIpc) is 3.19. The third kappa shape index (κ3) is 3.66. The molecule has 0 aliphatic rings. The molecule has 0 bridgehead atoms. The highest BCUT2D eigenvalue weighted by Crippen LogP contribution is 2.35. The quantitative estimate of drug-likeness (QED) is 0.269. The number of nitrogens with zero attached hydrogens (tertiary/aromatic N) is 2. The van der Waals surface area contributed by atoms with E-state index in [0.717, 1.165) is 5.56 Å². The van der Waals surface area contributed by atoms with Gasteiger partial charge in [0.2, 0.25) is 5.78 Å². The Hall–Kier alpha value is -3.77. The highest BCUT2D eigenvalue weighted by atomic mass is 35.5. The molecule has 4 aromatic rings. The SMILES string of the molecule is O=C(c1ccc(Cl)cc1)c1[nH]nc(-c2ccc([N+](=O)[O-])cc2)c1-c1ccccc1. The maximum absolute atomic E-state index is 13.1. The van der Waals surface area contributed by atoms with Crippen LogP contribution in [0.25, 0.3) is 22.4 Å². The van der Waals surface area contributed by atoms with Gasteiger partial charge in [-0.3, -0.25) is 20.0 Å². The molecule has 0 aliphatic heterocycles. The maximum atomic E-state index is 13.1. The predicted octanol–water partition coefficient (Wildman–Crippen LogP) is 5.54. The number of aromatic amines is 1. The summed E-state index contributed by atoms with van der Waals surface area (Å²) in [6, 6.07) is 22.1. The first kappa shape index (κ1) is 18.6. The lowest BCUT2D eigenvalue weighted by atomic mass is 9.95. The number of H-pyrrole nitrogens is 1. The molecule has 0 radical (unpaired) electrons. The Balaban J connectivity index is 1.86. The van der Waals surface area contributed by atoms with E-state index >= 15 is 0 Å². The molecule has 0 amide bonds. The first-order chi connectivity index (χ1) is 14.0.